The van der Waals surface area contributed by atoms with Crippen LogP contribution in [-0.4, -0.2) is 25.0 Å². The quantitative estimate of drug-likeness (QED) is 0.127. The molecule has 5 heteroatoms. The number of fused-ring (bicyclic) bond motifs is 6. The van der Waals surface area contributed by atoms with E-state index in [1.807, 2.05) is 6.07 Å². The standard InChI is InChI=1S/C54H41N4Si/c1-54(2)47-30-14-12-28-43(47)45-34-46-44-29-13-15-31-49(44)58(50(46)35-48(45)54)39-22-16-20-37(32-39)52-55-51(36-18-6-3-7-19-36)56-53(57-52)38-21-17-27-42(33-38)59(40-23-8-4-9-24-40)41-25-10-5-11-26-41/h3-35,53H,1-2H3,(H,55,56,57). The number of benzene rings is 8. The van der Waals surface area contributed by atoms with E-state index in [0.29, 0.717) is 0 Å². The summed E-state index contributed by atoms with van der Waals surface area (Å²) < 4.78 is 2.43. The molecule has 1 unspecified atom stereocenters. The van der Waals surface area contributed by atoms with Crippen LogP contribution in [-0.2, 0) is 5.41 Å². The summed E-state index contributed by atoms with van der Waals surface area (Å²) in [7, 11) is -1.28. The normalized spacial score (nSPS) is 15.4. The summed E-state index contributed by atoms with van der Waals surface area (Å²) in [6.45, 7) is 4.71. The van der Waals surface area contributed by atoms with E-state index in [9.17, 15) is 0 Å². The number of rotatable bonds is 7. The first kappa shape index (κ1) is 35.1. The Morgan fingerprint density at radius 1 is 0.475 bits per heavy atom. The molecule has 8 aromatic carbocycles. The molecule has 0 saturated heterocycles. The summed E-state index contributed by atoms with van der Waals surface area (Å²) in [6, 6.07) is 72.5. The number of nitrogens with zero attached hydrogens (tertiary/aromatic N) is 3. The van der Waals surface area contributed by atoms with Crippen molar-refractivity contribution in [2.75, 3.05) is 0 Å². The second-order valence-electron chi connectivity index (χ2n) is 16.0. The Kier molecular flexibility index (Phi) is 8.38. The molecule has 9 aromatic rings. The van der Waals surface area contributed by atoms with Crippen LogP contribution in [0.15, 0.2) is 210 Å². The van der Waals surface area contributed by atoms with Gasteiger partial charge in [0.05, 0.1) is 11.0 Å². The molecule has 59 heavy (non-hydrogen) atoms. The fraction of sp³-hybridized carbons (Fsp3) is 0.0741. The molecule has 0 saturated carbocycles. The summed E-state index contributed by atoms with van der Waals surface area (Å²) in [4.78, 5) is 10.7. The molecule has 1 N–H and O–H groups in total. The second kappa shape index (κ2) is 14.1. The third-order valence-electron chi connectivity index (χ3n) is 12.1. The van der Waals surface area contributed by atoms with Crippen molar-refractivity contribution < 1.29 is 0 Å². The first-order valence-electron chi connectivity index (χ1n) is 20.4. The van der Waals surface area contributed by atoms with Crippen molar-refractivity contribution in [1.82, 2.24) is 9.88 Å². The monoisotopic (exact) mass is 773 g/mol. The summed E-state index contributed by atoms with van der Waals surface area (Å²) in [6.07, 6.45) is -0.431. The van der Waals surface area contributed by atoms with Crippen molar-refractivity contribution in [2.45, 2.75) is 25.4 Å². The summed E-state index contributed by atoms with van der Waals surface area (Å²) in [5.41, 5.74) is 11.9. The van der Waals surface area contributed by atoms with Gasteiger partial charge in [0.2, 0.25) is 0 Å². The Morgan fingerprint density at radius 2 is 1.08 bits per heavy atom. The van der Waals surface area contributed by atoms with Gasteiger partial charge in [0.15, 0.2) is 15.0 Å². The average molecular weight is 774 g/mol. The first-order chi connectivity index (χ1) is 29.0. The number of aliphatic imine (C=N–C) groups is 2. The minimum atomic E-state index is -1.28. The van der Waals surface area contributed by atoms with E-state index in [1.165, 1.54) is 59.6 Å². The van der Waals surface area contributed by atoms with E-state index in [-0.39, 0.29) is 5.41 Å². The maximum atomic E-state index is 5.40. The van der Waals surface area contributed by atoms with E-state index in [0.717, 1.165) is 34.0 Å². The molecule has 1 atom stereocenters. The van der Waals surface area contributed by atoms with Gasteiger partial charge in [-0.05, 0) is 58.1 Å². The lowest BCUT2D eigenvalue weighted by Gasteiger charge is -2.24. The van der Waals surface area contributed by atoms with Gasteiger partial charge < -0.3 is 9.88 Å². The minimum Gasteiger partial charge on any atom is -0.324 e. The topological polar surface area (TPSA) is 41.7 Å². The van der Waals surface area contributed by atoms with Crippen LogP contribution in [0.2, 0.25) is 0 Å². The smallest absolute Gasteiger partial charge is 0.169 e. The first-order valence-corrected chi connectivity index (χ1v) is 21.9. The van der Waals surface area contributed by atoms with Gasteiger partial charge >= 0.3 is 0 Å². The Bertz CT molecular complexity index is 3070. The predicted octanol–water partition coefficient (Wildman–Crippen LogP) is 10.1. The number of amidine groups is 2. The minimum absolute atomic E-state index is 0.104. The maximum absolute atomic E-state index is 5.40. The van der Waals surface area contributed by atoms with Crippen LogP contribution in [0.1, 0.15) is 47.8 Å². The molecule has 0 spiro atoms. The number of hydrogen-bond acceptors (Lipinski definition) is 3. The second-order valence-corrected chi connectivity index (χ2v) is 18.5. The van der Waals surface area contributed by atoms with E-state index < -0.39 is 15.0 Å². The Hall–Kier alpha value is -7.08. The van der Waals surface area contributed by atoms with Crippen LogP contribution in [0.25, 0.3) is 38.6 Å². The van der Waals surface area contributed by atoms with Crippen LogP contribution in [0.4, 0.5) is 0 Å². The van der Waals surface area contributed by atoms with Gasteiger partial charge in [-0.25, -0.2) is 9.98 Å². The summed E-state index contributed by atoms with van der Waals surface area (Å²) >= 11 is 0. The van der Waals surface area contributed by atoms with Crippen molar-refractivity contribution >= 4 is 57.8 Å². The molecule has 2 heterocycles. The van der Waals surface area contributed by atoms with Crippen LogP contribution in [0, 0.1) is 0 Å². The summed E-state index contributed by atoms with van der Waals surface area (Å²) in [5, 5.41) is 10.2. The van der Waals surface area contributed by atoms with Crippen molar-refractivity contribution in [3.8, 4) is 16.8 Å². The highest BCUT2D eigenvalue weighted by atomic mass is 28.3. The summed E-state index contributed by atoms with van der Waals surface area (Å²) in [5.74, 6) is 1.60. The van der Waals surface area contributed by atoms with Gasteiger partial charge in [0, 0.05) is 33.0 Å². The molecular formula is C54H41N4Si. The van der Waals surface area contributed by atoms with Crippen LogP contribution >= 0.6 is 0 Å². The third kappa shape index (κ3) is 5.97. The zero-order valence-electron chi connectivity index (χ0n) is 33.0. The van der Waals surface area contributed by atoms with E-state index in [2.05, 4.69) is 218 Å². The molecule has 0 bridgehead atoms. The largest absolute Gasteiger partial charge is 0.324 e. The fourth-order valence-corrected chi connectivity index (χ4v) is 11.9. The molecule has 11 rings (SSSR count). The van der Waals surface area contributed by atoms with Gasteiger partial charge in [0.1, 0.15) is 11.7 Å². The SMILES string of the molecule is CC1(C)c2ccccc2-c2cc3c4ccccc4n(-c4cccc(C5=NC(c6cccc([Si](c7ccccc7)c7ccccc7)c6)N=C(c6ccccc6)N5)c4)c3cc21. The molecular weight excluding hydrogens is 733 g/mol. The van der Waals surface area contributed by atoms with E-state index in [1.54, 1.807) is 0 Å². The van der Waals surface area contributed by atoms with Gasteiger partial charge in [-0.2, -0.15) is 0 Å². The van der Waals surface area contributed by atoms with E-state index >= 15 is 0 Å². The van der Waals surface area contributed by atoms with Gasteiger partial charge in [-0.3, -0.25) is 0 Å². The number of hydrogen-bond donors (Lipinski definition) is 1. The van der Waals surface area contributed by atoms with Crippen LogP contribution in [0.5, 0.6) is 0 Å². The zero-order valence-corrected chi connectivity index (χ0v) is 34.0. The van der Waals surface area contributed by atoms with Crippen LogP contribution in [0.3, 0.4) is 0 Å². The lowest BCUT2D eigenvalue weighted by Crippen LogP contribution is -2.52. The lowest BCUT2D eigenvalue weighted by atomic mass is 9.82. The van der Waals surface area contributed by atoms with Crippen molar-refractivity contribution in [3.05, 3.63) is 228 Å². The molecule has 1 radical (unpaired) electrons. The van der Waals surface area contributed by atoms with Crippen molar-refractivity contribution in [2.24, 2.45) is 9.98 Å². The van der Waals surface area contributed by atoms with E-state index in [4.69, 9.17) is 9.98 Å². The maximum Gasteiger partial charge on any atom is 0.169 e. The molecule has 0 fully saturated rings. The highest BCUT2D eigenvalue weighted by molar-refractivity contribution is 6.95. The highest BCUT2D eigenvalue weighted by Crippen LogP contribution is 2.51. The molecule has 281 valence electrons. The highest BCUT2D eigenvalue weighted by Gasteiger charge is 2.36. The Labute approximate surface area is 346 Å². The number of para-hydroxylation sites is 1. The third-order valence-corrected chi connectivity index (χ3v) is 14.8. The van der Waals surface area contributed by atoms with Gasteiger partial charge in [-0.1, -0.05) is 199 Å². The molecule has 0 amide bonds. The van der Waals surface area contributed by atoms with Gasteiger partial charge in [0.25, 0.3) is 0 Å². The number of nitrogens with one attached hydrogen (secondary N) is 1. The molecule has 1 aliphatic carbocycles. The number of aromatic nitrogens is 1. The molecule has 4 nitrogen and oxygen atoms in total. The van der Waals surface area contributed by atoms with Crippen LogP contribution < -0.4 is 20.9 Å². The molecule has 1 aromatic heterocycles. The van der Waals surface area contributed by atoms with Crippen molar-refractivity contribution in [3.63, 3.8) is 0 Å². The Balaban J connectivity index is 1.04. The fourth-order valence-electron chi connectivity index (χ4n) is 9.29. The predicted molar refractivity (Wildman–Crippen MR) is 248 cm³/mol. The van der Waals surface area contributed by atoms with Gasteiger partial charge in [-0.15, -0.1) is 0 Å². The van der Waals surface area contributed by atoms with Crippen molar-refractivity contribution in [1.29, 1.82) is 0 Å². The molecule has 2 aliphatic rings. The molecule has 1 aliphatic heterocycles. The zero-order chi connectivity index (χ0) is 39.5. The Morgan fingerprint density at radius 3 is 1.85 bits per heavy atom. The average Bonchev–Trinajstić information content (AvgIpc) is 3.74. The lowest BCUT2D eigenvalue weighted by molar-refractivity contribution is 0.661.